The Hall–Kier alpha value is -2.02. The summed E-state index contributed by atoms with van der Waals surface area (Å²) in [4.78, 5) is 15.1. The summed E-state index contributed by atoms with van der Waals surface area (Å²) >= 11 is 1.51. The lowest BCUT2D eigenvalue weighted by Crippen LogP contribution is -2.32. The first-order valence-corrected chi connectivity index (χ1v) is 11.9. The molecule has 7 heteroatoms. The highest BCUT2D eigenvalue weighted by Gasteiger charge is 2.32. The SMILES string of the molecule is CCc1cccc(CC)c1NC(=O)CSc1nnc(N2CCCCC2)n1C1CC1. The van der Waals surface area contributed by atoms with E-state index in [0.29, 0.717) is 11.8 Å². The van der Waals surface area contributed by atoms with Crippen LogP contribution >= 0.6 is 11.8 Å². The molecule has 0 radical (unpaired) electrons. The molecule has 1 N–H and O–H groups in total. The van der Waals surface area contributed by atoms with E-state index in [-0.39, 0.29) is 5.91 Å². The number of thioether (sulfide) groups is 1. The Morgan fingerprint density at radius 2 is 1.79 bits per heavy atom. The van der Waals surface area contributed by atoms with Gasteiger partial charge in [0.25, 0.3) is 0 Å². The number of nitrogens with zero attached hydrogens (tertiary/aromatic N) is 4. The molecule has 2 heterocycles. The Morgan fingerprint density at radius 3 is 2.41 bits per heavy atom. The standard InChI is InChI=1S/C22H31N5OS/c1-3-16-9-8-10-17(4-2)20(16)23-19(28)15-29-22-25-24-21(27(22)18-11-12-18)26-13-6-5-7-14-26/h8-10,18H,3-7,11-15H2,1-2H3,(H,23,28). The summed E-state index contributed by atoms with van der Waals surface area (Å²) < 4.78 is 2.28. The molecule has 1 saturated carbocycles. The molecular formula is C22H31N5OS. The number of aryl methyl sites for hydroxylation is 2. The van der Waals surface area contributed by atoms with Gasteiger partial charge in [-0.15, -0.1) is 10.2 Å². The molecule has 6 nitrogen and oxygen atoms in total. The van der Waals surface area contributed by atoms with Gasteiger partial charge in [-0.3, -0.25) is 9.36 Å². The van der Waals surface area contributed by atoms with Crippen LogP contribution in [0.25, 0.3) is 0 Å². The van der Waals surface area contributed by atoms with Crippen LogP contribution in [0.3, 0.4) is 0 Å². The Balaban J connectivity index is 1.44. The lowest BCUT2D eigenvalue weighted by molar-refractivity contribution is -0.113. The molecule has 1 aliphatic carbocycles. The van der Waals surface area contributed by atoms with Crippen molar-refractivity contribution < 1.29 is 4.79 Å². The predicted octanol–water partition coefficient (Wildman–Crippen LogP) is 4.46. The van der Waals surface area contributed by atoms with Crippen LogP contribution in [0.2, 0.25) is 0 Å². The maximum atomic E-state index is 12.7. The van der Waals surface area contributed by atoms with Gasteiger partial charge in [0.05, 0.1) is 5.75 Å². The van der Waals surface area contributed by atoms with E-state index in [1.54, 1.807) is 0 Å². The molecule has 1 saturated heterocycles. The number of benzene rings is 1. The van der Waals surface area contributed by atoms with Crippen LogP contribution in [0.15, 0.2) is 23.4 Å². The average molecular weight is 414 g/mol. The van der Waals surface area contributed by atoms with E-state index in [1.165, 1.54) is 55.0 Å². The molecular weight excluding hydrogens is 382 g/mol. The third-order valence-corrected chi connectivity index (χ3v) is 6.74. The molecule has 2 aromatic rings. The van der Waals surface area contributed by atoms with E-state index in [9.17, 15) is 4.79 Å². The summed E-state index contributed by atoms with van der Waals surface area (Å²) in [5.41, 5.74) is 3.37. The first-order chi connectivity index (χ1) is 14.2. The first-order valence-electron chi connectivity index (χ1n) is 10.9. The summed E-state index contributed by atoms with van der Waals surface area (Å²) in [6, 6.07) is 6.76. The van der Waals surface area contributed by atoms with Crippen molar-refractivity contribution in [2.75, 3.05) is 29.1 Å². The van der Waals surface area contributed by atoms with E-state index in [2.05, 4.69) is 57.0 Å². The number of amides is 1. The number of rotatable bonds is 8. The molecule has 1 aromatic heterocycles. The van der Waals surface area contributed by atoms with Gasteiger partial charge in [-0.1, -0.05) is 43.8 Å². The molecule has 2 fully saturated rings. The Labute approximate surface area is 177 Å². The highest BCUT2D eigenvalue weighted by Crippen LogP contribution is 2.41. The zero-order chi connectivity index (χ0) is 20.2. The number of piperidine rings is 1. The maximum Gasteiger partial charge on any atom is 0.234 e. The predicted molar refractivity (Wildman–Crippen MR) is 119 cm³/mol. The van der Waals surface area contributed by atoms with Crippen LogP contribution in [0, 0.1) is 0 Å². The average Bonchev–Trinajstić information content (AvgIpc) is 3.51. The number of hydrogen-bond donors (Lipinski definition) is 1. The fourth-order valence-corrected chi connectivity index (χ4v) is 4.84. The smallest absolute Gasteiger partial charge is 0.234 e. The summed E-state index contributed by atoms with van der Waals surface area (Å²) in [5, 5.41) is 13.0. The second kappa shape index (κ2) is 9.20. The number of aromatic nitrogens is 3. The third-order valence-electron chi connectivity index (χ3n) is 5.79. The van der Waals surface area contributed by atoms with Gasteiger partial charge < -0.3 is 10.2 Å². The fourth-order valence-electron chi connectivity index (χ4n) is 4.04. The Kier molecular flexibility index (Phi) is 6.43. The Bertz CT molecular complexity index is 833. The largest absolute Gasteiger partial charge is 0.341 e. The van der Waals surface area contributed by atoms with Crippen LogP contribution in [0.5, 0.6) is 0 Å². The lowest BCUT2D eigenvalue weighted by Gasteiger charge is -2.27. The van der Waals surface area contributed by atoms with Crippen LogP contribution in [0.4, 0.5) is 11.6 Å². The van der Waals surface area contributed by atoms with Crippen molar-refractivity contribution in [2.45, 2.75) is 70.0 Å². The molecule has 1 amide bonds. The van der Waals surface area contributed by atoms with Gasteiger partial charge in [-0.2, -0.15) is 0 Å². The van der Waals surface area contributed by atoms with Crippen molar-refractivity contribution in [1.29, 1.82) is 0 Å². The number of nitrogens with one attached hydrogen (secondary N) is 1. The topological polar surface area (TPSA) is 63.1 Å². The molecule has 0 unspecified atom stereocenters. The summed E-state index contributed by atoms with van der Waals surface area (Å²) in [7, 11) is 0. The normalized spacial score (nSPS) is 16.8. The van der Waals surface area contributed by atoms with Gasteiger partial charge in [0, 0.05) is 24.8 Å². The summed E-state index contributed by atoms with van der Waals surface area (Å²) in [6.07, 6.45) is 7.93. The zero-order valence-corrected chi connectivity index (χ0v) is 18.3. The number of carbonyl (C=O) groups excluding carboxylic acids is 1. The van der Waals surface area contributed by atoms with E-state index < -0.39 is 0 Å². The van der Waals surface area contributed by atoms with Crippen LogP contribution in [-0.4, -0.2) is 39.5 Å². The molecule has 156 valence electrons. The van der Waals surface area contributed by atoms with Gasteiger partial charge in [0.1, 0.15) is 0 Å². The maximum absolute atomic E-state index is 12.7. The Morgan fingerprint density at radius 1 is 1.10 bits per heavy atom. The van der Waals surface area contributed by atoms with Crippen molar-refractivity contribution in [3.63, 3.8) is 0 Å². The second-order valence-corrected chi connectivity index (χ2v) is 8.87. The van der Waals surface area contributed by atoms with Crippen LogP contribution in [0.1, 0.15) is 63.1 Å². The molecule has 29 heavy (non-hydrogen) atoms. The third kappa shape index (κ3) is 4.60. The summed E-state index contributed by atoms with van der Waals surface area (Å²) in [6.45, 7) is 6.37. The minimum atomic E-state index is 0.0236. The highest BCUT2D eigenvalue weighted by molar-refractivity contribution is 7.99. The van der Waals surface area contributed by atoms with E-state index in [0.717, 1.165) is 42.7 Å². The van der Waals surface area contributed by atoms with Crippen LogP contribution < -0.4 is 10.2 Å². The molecule has 2 aliphatic rings. The first kappa shape index (κ1) is 20.3. The lowest BCUT2D eigenvalue weighted by atomic mass is 10.0. The molecule has 0 spiro atoms. The zero-order valence-electron chi connectivity index (χ0n) is 17.5. The van der Waals surface area contributed by atoms with Crippen molar-refractivity contribution >= 4 is 29.3 Å². The van der Waals surface area contributed by atoms with E-state index >= 15 is 0 Å². The van der Waals surface area contributed by atoms with Gasteiger partial charge in [0.2, 0.25) is 11.9 Å². The number of para-hydroxylation sites is 1. The molecule has 0 atom stereocenters. The quantitative estimate of drug-likeness (QED) is 0.648. The number of anilines is 2. The van der Waals surface area contributed by atoms with Gasteiger partial charge >= 0.3 is 0 Å². The van der Waals surface area contributed by atoms with Gasteiger partial charge in [-0.05, 0) is 56.1 Å². The summed E-state index contributed by atoms with van der Waals surface area (Å²) in [5.74, 6) is 1.38. The molecule has 4 rings (SSSR count). The minimum absolute atomic E-state index is 0.0236. The van der Waals surface area contributed by atoms with Crippen LogP contribution in [-0.2, 0) is 17.6 Å². The minimum Gasteiger partial charge on any atom is -0.341 e. The van der Waals surface area contributed by atoms with Gasteiger partial charge in [-0.25, -0.2) is 0 Å². The fraction of sp³-hybridized carbons (Fsp3) is 0.591. The van der Waals surface area contributed by atoms with Crippen molar-refractivity contribution in [3.8, 4) is 0 Å². The molecule has 1 aliphatic heterocycles. The van der Waals surface area contributed by atoms with Crippen molar-refractivity contribution in [1.82, 2.24) is 14.8 Å². The van der Waals surface area contributed by atoms with E-state index in [1.807, 2.05) is 0 Å². The van der Waals surface area contributed by atoms with Crippen molar-refractivity contribution in [3.05, 3.63) is 29.3 Å². The number of hydrogen-bond acceptors (Lipinski definition) is 5. The monoisotopic (exact) mass is 413 g/mol. The van der Waals surface area contributed by atoms with E-state index in [4.69, 9.17) is 0 Å². The van der Waals surface area contributed by atoms with Crippen molar-refractivity contribution in [2.24, 2.45) is 0 Å². The second-order valence-electron chi connectivity index (χ2n) is 7.93. The highest BCUT2D eigenvalue weighted by atomic mass is 32.2. The molecule has 1 aromatic carbocycles. The van der Waals surface area contributed by atoms with Gasteiger partial charge in [0.15, 0.2) is 5.16 Å². The number of carbonyl (C=O) groups is 1. The molecule has 0 bridgehead atoms.